The molecule has 0 aromatic heterocycles. The molecular formula is C15H25BrN2O2S. The van der Waals surface area contributed by atoms with Crippen molar-refractivity contribution >= 4 is 26.0 Å². The van der Waals surface area contributed by atoms with E-state index in [4.69, 9.17) is 0 Å². The van der Waals surface area contributed by atoms with Crippen LogP contribution >= 0.6 is 15.9 Å². The van der Waals surface area contributed by atoms with Gasteiger partial charge in [-0.15, -0.1) is 0 Å². The zero-order valence-corrected chi connectivity index (χ0v) is 15.9. The first-order valence-electron chi connectivity index (χ1n) is 6.95. The maximum atomic E-state index is 12.7. The van der Waals surface area contributed by atoms with Crippen LogP contribution in [0.5, 0.6) is 0 Å². The molecule has 1 aromatic rings. The van der Waals surface area contributed by atoms with E-state index < -0.39 is 10.0 Å². The first kappa shape index (κ1) is 18.6. The summed E-state index contributed by atoms with van der Waals surface area (Å²) in [5.41, 5.74) is 1.71. The van der Waals surface area contributed by atoms with Crippen molar-refractivity contribution in [2.75, 3.05) is 7.05 Å². The Kier molecular flexibility index (Phi) is 6.00. The molecular weight excluding hydrogens is 352 g/mol. The number of hydrogen-bond acceptors (Lipinski definition) is 3. The number of sulfonamides is 1. The predicted octanol–water partition coefficient (Wildman–Crippen LogP) is 3.19. The molecule has 2 N–H and O–H groups in total. The van der Waals surface area contributed by atoms with Gasteiger partial charge < -0.3 is 5.32 Å². The Bertz CT molecular complexity index is 607. The summed E-state index contributed by atoms with van der Waals surface area (Å²) < 4.78 is 28.7. The van der Waals surface area contributed by atoms with E-state index in [-0.39, 0.29) is 11.5 Å². The number of aryl methyl sites for hydroxylation is 1. The van der Waals surface area contributed by atoms with Gasteiger partial charge >= 0.3 is 0 Å². The van der Waals surface area contributed by atoms with E-state index in [1.54, 1.807) is 6.07 Å². The summed E-state index contributed by atoms with van der Waals surface area (Å²) >= 11 is 3.40. The van der Waals surface area contributed by atoms with Gasteiger partial charge in [0.15, 0.2) is 0 Å². The standard InChI is InChI=1S/C15H25BrN2O2S/c1-10-7-12(9-17-6)8-13(14(10)16)21(19,20)18-11(2)15(3,4)5/h7-8,11,17-18H,9H2,1-6H3. The molecule has 4 nitrogen and oxygen atoms in total. The van der Waals surface area contributed by atoms with E-state index in [2.05, 4.69) is 26.0 Å². The highest BCUT2D eigenvalue weighted by Crippen LogP contribution is 2.29. The van der Waals surface area contributed by atoms with Crippen molar-refractivity contribution in [1.82, 2.24) is 10.0 Å². The van der Waals surface area contributed by atoms with Crippen LogP contribution in [0.25, 0.3) is 0 Å². The number of rotatable bonds is 5. The molecule has 6 heteroatoms. The quantitative estimate of drug-likeness (QED) is 0.829. The van der Waals surface area contributed by atoms with Gasteiger partial charge in [0.25, 0.3) is 0 Å². The van der Waals surface area contributed by atoms with Gasteiger partial charge in [-0.05, 0) is 59.4 Å². The van der Waals surface area contributed by atoms with Crippen molar-refractivity contribution in [1.29, 1.82) is 0 Å². The topological polar surface area (TPSA) is 58.2 Å². The summed E-state index contributed by atoms with van der Waals surface area (Å²) in [5.74, 6) is 0. The fourth-order valence-corrected chi connectivity index (χ4v) is 4.30. The summed E-state index contributed by atoms with van der Waals surface area (Å²) in [7, 11) is -1.72. The van der Waals surface area contributed by atoms with Gasteiger partial charge in [-0.25, -0.2) is 13.1 Å². The van der Waals surface area contributed by atoms with Crippen molar-refractivity contribution in [2.24, 2.45) is 5.41 Å². The van der Waals surface area contributed by atoms with Gasteiger partial charge in [-0.3, -0.25) is 0 Å². The smallest absolute Gasteiger partial charge is 0.241 e. The molecule has 0 radical (unpaired) electrons. The summed E-state index contributed by atoms with van der Waals surface area (Å²) in [6, 6.07) is 3.53. The lowest BCUT2D eigenvalue weighted by Gasteiger charge is -2.28. The average molecular weight is 377 g/mol. The first-order chi connectivity index (χ1) is 9.49. The van der Waals surface area contributed by atoms with Crippen molar-refractivity contribution in [2.45, 2.75) is 52.1 Å². The zero-order valence-electron chi connectivity index (χ0n) is 13.5. The Morgan fingerprint density at radius 1 is 1.29 bits per heavy atom. The Balaban J connectivity index is 3.25. The SMILES string of the molecule is CNCc1cc(C)c(Br)c(S(=O)(=O)NC(C)C(C)(C)C)c1. The molecule has 0 bridgehead atoms. The summed E-state index contributed by atoms with van der Waals surface area (Å²) in [6.07, 6.45) is 0. The van der Waals surface area contributed by atoms with E-state index in [9.17, 15) is 8.42 Å². The fraction of sp³-hybridized carbons (Fsp3) is 0.600. The van der Waals surface area contributed by atoms with Crippen molar-refractivity contribution in [3.05, 3.63) is 27.7 Å². The normalized spacial score (nSPS) is 14.2. The van der Waals surface area contributed by atoms with Crippen LogP contribution in [-0.4, -0.2) is 21.5 Å². The third-order valence-electron chi connectivity index (χ3n) is 3.58. The second-order valence-electron chi connectivity index (χ2n) is 6.46. The molecule has 0 aliphatic heterocycles. The molecule has 0 aliphatic rings. The minimum Gasteiger partial charge on any atom is -0.316 e. The lowest BCUT2D eigenvalue weighted by molar-refractivity contribution is 0.317. The highest BCUT2D eigenvalue weighted by Gasteiger charge is 2.27. The van der Waals surface area contributed by atoms with Gasteiger partial charge in [0.1, 0.15) is 0 Å². The highest BCUT2D eigenvalue weighted by molar-refractivity contribution is 9.10. The van der Waals surface area contributed by atoms with Crippen molar-refractivity contribution in [3.8, 4) is 0 Å². The van der Waals surface area contributed by atoms with Crippen molar-refractivity contribution in [3.63, 3.8) is 0 Å². The summed E-state index contributed by atoms with van der Waals surface area (Å²) in [6.45, 7) is 10.4. The number of nitrogens with one attached hydrogen (secondary N) is 2. The summed E-state index contributed by atoms with van der Waals surface area (Å²) in [4.78, 5) is 0.295. The third kappa shape index (κ3) is 4.77. The van der Waals surface area contributed by atoms with Gasteiger partial charge in [-0.1, -0.05) is 26.8 Å². The first-order valence-corrected chi connectivity index (χ1v) is 9.22. The predicted molar refractivity (Wildman–Crippen MR) is 90.9 cm³/mol. The third-order valence-corrected chi connectivity index (χ3v) is 6.46. The lowest BCUT2D eigenvalue weighted by Crippen LogP contribution is -2.41. The molecule has 0 heterocycles. The van der Waals surface area contributed by atoms with E-state index in [0.717, 1.165) is 11.1 Å². The Morgan fingerprint density at radius 3 is 2.33 bits per heavy atom. The number of hydrogen-bond donors (Lipinski definition) is 2. The van der Waals surface area contributed by atoms with E-state index in [0.29, 0.717) is 15.9 Å². The Morgan fingerprint density at radius 2 is 1.86 bits per heavy atom. The molecule has 0 saturated carbocycles. The molecule has 21 heavy (non-hydrogen) atoms. The van der Waals surface area contributed by atoms with Gasteiger partial charge in [-0.2, -0.15) is 0 Å². The summed E-state index contributed by atoms with van der Waals surface area (Å²) in [5, 5.41) is 3.04. The van der Waals surface area contributed by atoms with Gasteiger partial charge in [0.2, 0.25) is 10.0 Å². The molecule has 0 spiro atoms. The highest BCUT2D eigenvalue weighted by atomic mass is 79.9. The van der Waals surface area contributed by atoms with Crippen LogP contribution in [0.3, 0.4) is 0 Å². The lowest BCUT2D eigenvalue weighted by atomic mass is 9.89. The molecule has 1 unspecified atom stereocenters. The van der Waals surface area contributed by atoms with Crippen molar-refractivity contribution < 1.29 is 8.42 Å². The van der Waals surface area contributed by atoms with Crippen LogP contribution in [0.1, 0.15) is 38.8 Å². The van der Waals surface area contributed by atoms with E-state index in [1.807, 2.05) is 47.7 Å². The monoisotopic (exact) mass is 376 g/mol. The molecule has 1 atom stereocenters. The maximum absolute atomic E-state index is 12.7. The minimum absolute atomic E-state index is 0.142. The van der Waals surface area contributed by atoms with Crippen LogP contribution in [0.4, 0.5) is 0 Å². The molecule has 1 aromatic carbocycles. The molecule has 1 rings (SSSR count). The molecule has 0 aliphatic carbocycles. The largest absolute Gasteiger partial charge is 0.316 e. The second-order valence-corrected chi connectivity index (χ2v) is 8.94. The Hall–Kier alpha value is -0.430. The maximum Gasteiger partial charge on any atom is 0.241 e. The van der Waals surface area contributed by atoms with E-state index >= 15 is 0 Å². The van der Waals surface area contributed by atoms with Crippen LogP contribution in [-0.2, 0) is 16.6 Å². The van der Waals surface area contributed by atoms with E-state index in [1.165, 1.54) is 0 Å². The second kappa shape index (κ2) is 6.77. The molecule has 0 amide bonds. The molecule has 0 saturated heterocycles. The fourth-order valence-electron chi connectivity index (χ4n) is 1.78. The minimum atomic E-state index is -3.56. The average Bonchev–Trinajstić information content (AvgIpc) is 2.32. The van der Waals surface area contributed by atoms with Gasteiger partial charge in [0.05, 0.1) is 4.90 Å². The van der Waals surface area contributed by atoms with Crippen LogP contribution in [0.15, 0.2) is 21.5 Å². The van der Waals surface area contributed by atoms with Crippen LogP contribution < -0.4 is 10.0 Å². The van der Waals surface area contributed by atoms with Crippen LogP contribution in [0, 0.1) is 12.3 Å². The van der Waals surface area contributed by atoms with Gasteiger partial charge in [0, 0.05) is 17.1 Å². The number of benzene rings is 1. The molecule has 0 fully saturated rings. The molecule has 120 valence electrons. The number of halogens is 1. The van der Waals surface area contributed by atoms with Crippen LogP contribution in [0.2, 0.25) is 0 Å². The Labute approximate surface area is 136 Å². The zero-order chi connectivity index (χ0) is 16.4.